The third-order valence-electron chi connectivity index (χ3n) is 16.2. The van der Waals surface area contributed by atoms with Crippen molar-refractivity contribution in [2.45, 2.75) is 165 Å². The monoisotopic (exact) mass is 698 g/mol. The Morgan fingerprint density at radius 2 is 1.50 bits per heavy atom. The Bertz CT molecular complexity index is 1340. The van der Waals surface area contributed by atoms with Gasteiger partial charge in [-0.3, -0.25) is 14.4 Å². The molecule has 5 aliphatic rings. The summed E-state index contributed by atoms with van der Waals surface area (Å²) in [7, 11) is 0. The van der Waals surface area contributed by atoms with Crippen molar-refractivity contribution < 1.29 is 29.0 Å². The van der Waals surface area contributed by atoms with E-state index in [1.54, 1.807) is 13.8 Å². The van der Waals surface area contributed by atoms with Crippen molar-refractivity contribution in [3.05, 3.63) is 12.2 Å². The fourth-order valence-electron chi connectivity index (χ4n) is 13.3. The molecule has 0 aromatic heterocycles. The molecule has 0 aliphatic heterocycles. The van der Waals surface area contributed by atoms with Gasteiger partial charge in [-0.15, -0.1) is 0 Å². The predicted octanol–water partition coefficient (Wildman–Crippen LogP) is 9.38. The lowest BCUT2D eigenvalue weighted by atomic mass is 9.32. The van der Waals surface area contributed by atoms with Gasteiger partial charge in [0.2, 0.25) is 0 Å². The van der Waals surface area contributed by atoms with Crippen LogP contribution in [0, 0.1) is 62.1 Å². The normalized spacial score (nSPS) is 40.8. The van der Waals surface area contributed by atoms with E-state index in [4.69, 9.17) is 9.47 Å². The number of ether oxygens (including phenoxy) is 2. The predicted molar refractivity (Wildman–Crippen MR) is 198 cm³/mol. The van der Waals surface area contributed by atoms with Gasteiger partial charge in [-0.05, 0) is 163 Å². The van der Waals surface area contributed by atoms with Gasteiger partial charge in [0.15, 0.2) is 0 Å². The maximum absolute atomic E-state index is 13.1. The van der Waals surface area contributed by atoms with E-state index in [1.165, 1.54) is 50.5 Å². The number of allylic oxidation sites excluding steroid dienone is 1. The van der Waals surface area contributed by atoms with Gasteiger partial charge >= 0.3 is 17.9 Å². The number of carbonyl (C=O) groups excluding carboxylic acids is 2. The second-order valence-electron chi connectivity index (χ2n) is 20.8. The molecule has 10 atom stereocenters. The average molecular weight is 698 g/mol. The molecule has 0 amide bonds. The summed E-state index contributed by atoms with van der Waals surface area (Å²) in [5, 5.41) is 12.9. The number of rotatable bonds is 10. The Labute approximate surface area is 303 Å². The van der Waals surface area contributed by atoms with Gasteiger partial charge in [0, 0.05) is 11.0 Å². The molecule has 0 bridgehead atoms. The Balaban J connectivity index is 1.35. The van der Waals surface area contributed by atoms with Crippen LogP contribution in [-0.2, 0) is 23.9 Å². The number of carbonyl (C=O) groups is 3. The molecule has 0 radical (unpaired) electrons. The first-order chi connectivity index (χ1) is 22.9. The first-order valence-electron chi connectivity index (χ1n) is 19.9. The summed E-state index contributed by atoms with van der Waals surface area (Å²) in [6.07, 6.45) is 12.2. The molecule has 0 heterocycles. The minimum Gasteiger partial charge on any atom is -0.481 e. The van der Waals surface area contributed by atoms with Crippen molar-refractivity contribution in [1.82, 2.24) is 5.32 Å². The second kappa shape index (κ2) is 13.2. The zero-order chi connectivity index (χ0) is 37.3. The number of nitrogens with one attached hydrogen (secondary N) is 1. The van der Waals surface area contributed by atoms with Crippen molar-refractivity contribution in [3.63, 3.8) is 0 Å². The second-order valence-corrected chi connectivity index (χ2v) is 20.8. The number of aliphatic carboxylic acids is 1. The van der Waals surface area contributed by atoms with Crippen LogP contribution in [0.15, 0.2) is 12.2 Å². The van der Waals surface area contributed by atoms with Crippen LogP contribution in [0.4, 0.5) is 0 Å². The minimum absolute atomic E-state index is 0.109. The van der Waals surface area contributed by atoms with Gasteiger partial charge in [0.05, 0.1) is 25.0 Å². The molecule has 0 spiro atoms. The first-order valence-corrected chi connectivity index (χ1v) is 19.9. The van der Waals surface area contributed by atoms with Crippen LogP contribution in [-0.4, -0.2) is 47.8 Å². The Kier molecular flexibility index (Phi) is 10.4. The number of carboxylic acids is 1. The van der Waals surface area contributed by atoms with Crippen LogP contribution < -0.4 is 5.32 Å². The number of hydrogen-bond donors (Lipinski definition) is 2. The molecule has 284 valence electrons. The van der Waals surface area contributed by atoms with Crippen molar-refractivity contribution in [2.75, 3.05) is 13.2 Å². The van der Waals surface area contributed by atoms with E-state index in [2.05, 4.69) is 74.2 Å². The van der Waals surface area contributed by atoms with Gasteiger partial charge in [-0.2, -0.15) is 0 Å². The molecule has 5 saturated carbocycles. The van der Waals surface area contributed by atoms with Gasteiger partial charge in [-0.25, -0.2) is 0 Å². The topological polar surface area (TPSA) is 102 Å². The van der Waals surface area contributed by atoms with Crippen molar-refractivity contribution in [1.29, 1.82) is 0 Å². The molecule has 0 unspecified atom stereocenters. The van der Waals surface area contributed by atoms with E-state index in [0.717, 1.165) is 25.7 Å². The van der Waals surface area contributed by atoms with Crippen LogP contribution in [0.3, 0.4) is 0 Å². The van der Waals surface area contributed by atoms with Crippen LogP contribution in [0.2, 0.25) is 0 Å². The third kappa shape index (κ3) is 6.61. The number of hydrogen-bond acceptors (Lipinski definition) is 6. The fourth-order valence-corrected chi connectivity index (χ4v) is 13.3. The highest BCUT2D eigenvalue weighted by Gasteiger charge is 2.71. The molecule has 2 N–H and O–H groups in total. The van der Waals surface area contributed by atoms with Gasteiger partial charge in [0.25, 0.3) is 0 Å². The molecular formula is C43H71NO6. The van der Waals surface area contributed by atoms with E-state index in [0.29, 0.717) is 36.2 Å². The van der Waals surface area contributed by atoms with Crippen LogP contribution in [0.1, 0.15) is 153 Å². The molecule has 0 aromatic carbocycles. The summed E-state index contributed by atoms with van der Waals surface area (Å²) in [5.41, 5.74) is 0.676. The molecule has 7 heteroatoms. The highest BCUT2D eigenvalue weighted by Crippen LogP contribution is 2.78. The minimum atomic E-state index is -1.14. The SMILES string of the molecule is C=C(C)[C@@H]1CC[C@]2(CCOC(=O)CNC(C)(C)C)CC[C@]3(C)[C@H](CC[C@@H]4[C@@]5(C)CC[C@H](OC(=O)CC(C)(C)C(=O)O)C(C)(C)[C@@H]5CC[C@]43C)[C@@H]12. The van der Waals surface area contributed by atoms with Crippen LogP contribution in [0.25, 0.3) is 0 Å². The summed E-state index contributed by atoms with van der Waals surface area (Å²) in [6.45, 7) is 29.4. The van der Waals surface area contributed by atoms with E-state index < -0.39 is 17.4 Å². The van der Waals surface area contributed by atoms with E-state index in [1.807, 2.05) is 0 Å². The van der Waals surface area contributed by atoms with Gasteiger partial charge in [-0.1, -0.05) is 46.8 Å². The first kappa shape index (κ1) is 39.3. The third-order valence-corrected chi connectivity index (χ3v) is 16.2. The average Bonchev–Trinajstić information content (AvgIpc) is 3.37. The zero-order valence-electron chi connectivity index (χ0n) is 33.6. The smallest absolute Gasteiger partial charge is 0.319 e. The maximum Gasteiger partial charge on any atom is 0.319 e. The van der Waals surface area contributed by atoms with E-state index >= 15 is 0 Å². The molecule has 0 aromatic rings. The van der Waals surface area contributed by atoms with E-state index in [-0.39, 0.29) is 57.7 Å². The quantitative estimate of drug-likeness (QED) is 0.173. The maximum atomic E-state index is 13.1. The number of esters is 2. The Morgan fingerprint density at radius 3 is 2.12 bits per heavy atom. The van der Waals surface area contributed by atoms with Gasteiger partial charge in [0.1, 0.15) is 6.10 Å². The molecular weight excluding hydrogens is 626 g/mol. The lowest BCUT2D eigenvalue weighted by Gasteiger charge is -2.73. The van der Waals surface area contributed by atoms with Crippen molar-refractivity contribution in [2.24, 2.45) is 62.1 Å². The van der Waals surface area contributed by atoms with Crippen LogP contribution >= 0.6 is 0 Å². The molecule has 5 rings (SSSR count). The summed E-state index contributed by atoms with van der Waals surface area (Å²) in [5.74, 6) is 1.26. The van der Waals surface area contributed by atoms with E-state index in [9.17, 15) is 19.5 Å². The van der Waals surface area contributed by atoms with Gasteiger partial charge < -0.3 is 19.9 Å². The number of carboxylic acid groups (broad SMARTS) is 1. The standard InChI is InChI=1S/C43H71NO6/c1-27(2)28-15-20-43(23-24-49-34(46)26-44-37(3,4)5)22-21-41(11)29(35(28)43)13-14-31-40(10)18-17-32(50-33(45)25-38(6,7)36(47)48)39(8,9)30(40)16-19-42(31,41)12/h28-32,35,44H,1,13-26H2,2-12H3,(H,47,48)/t28-,29+,30-,31+,32-,35+,40-,41+,42+,43+/m0/s1. The Hall–Kier alpha value is -1.89. The fraction of sp³-hybridized carbons (Fsp3) is 0.884. The largest absolute Gasteiger partial charge is 0.481 e. The van der Waals surface area contributed by atoms with Crippen LogP contribution in [0.5, 0.6) is 0 Å². The molecule has 5 fully saturated rings. The highest BCUT2D eigenvalue weighted by atomic mass is 16.5. The molecule has 0 saturated heterocycles. The summed E-state index contributed by atoms with van der Waals surface area (Å²) >= 11 is 0. The lowest BCUT2D eigenvalue weighted by Crippen LogP contribution is -2.66. The van der Waals surface area contributed by atoms with Crippen molar-refractivity contribution >= 4 is 17.9 Å². The zero-order valence-corrected chi connectivity index (χ0v) is 33.6. The van der Waals surface area contributed by atoms with Crippen molar-refractivity contribution in [3.8, 4) is 0 Å². The summed E-state index contributed by atoms with van der Waals surface area (Å²) < 4.78 is 12.1. The lowest BCUT2D eigenvalue weighted by molar-refractivity contribution is -0.251. The number of fused-ring (bicyclic) bond motifs is 7. The summed E-state index contributed by atoms with van der Waals surface area (Å²) in [4.78, 5) is 37.5. The molecule has 5 aliphatic carbocycles. The summed E-state index contributed by atoms with van der Waals surface area (Å²) in [6, 6.07) is 0. The Morgan fingerprint density at radius 1 is 0.820 bits per heavy atom. The molecule has 7 nitrogen and oxygen atoms in total. The highest BCUT2D eigenvalue weighted by molar-refractivity contribution is 5.81. The molecule has 50 heavy (non-hydrogen) atoms.